The highest BCUT2D eigenvalue weighted by Crippen LogP contribution is 2.27. The second kappa shape index (κ2) is 8.14. The Kier molecular flexibility index (Phi) is 6.09. The number of nitrogens with zero attached hydrogens (tertiary/aromatic N) is 4. The largest absolute Gasteiger partial charge is 0.224 e. The summed E-state index contributed by atoms with van der Waals surface area (Å²) in [5, 5.41) is 13.0. The molecule has 0 aliphatic rings. The molecule has 3 rings (SSSR count). The Morgan fingerprint density at radius 1 is 1.00 bits per heavy atom. The second-order valence-electron chi connectivity index (χ2n) is 5.09. The van der Waals surface area contributed by atoms with Gasteiger partial charge >= 0.3 is 0 Å². The Morgan fingerprint density at radius 2 is 1.69 bits per heavy atom. The molecule has 0 saturated carbocycles. The van der Waals surface area contributed by atoms with Gasteiger partial charge in [-0.25, -0.2) is 8.42 Å². The smallest absolute Gasteiger partial charge is 0.214 e. The van der Waals surface area contributed by atoms with E-state index < -0.39 is 9.84 Å². The maximum atomic E-state index is 12.5. The van der Waals surface area contributed by atoms with Crippen molar-refractivity contribution in [2.75, 3.05) is 11.5 Å². The maximum Gasteiger partial charge on any atom is 0.214 e. The Labute approximate surface area is 169 Å². The van der Waals surface area contributed by atoms with Crippen molar-refractivity contribution in [1.29, 1.82) is 0 Å². The van der Waals surface area contributed by atoms with Gasteiger partial charge in [0.15, 0.2) is 9.84 Å². The molecule has 0 saturated heterocycles. The van der Waals surface area contributed by atoms with Crippen LogP contribution in [0.4, 0.5) is 0 Å². The molecular weight excluding hydrogens is 439 g/mol. The van der Waals surface area contributed by atoms with Gasteiger partial charge in [0.1, 0.15) is 0 Å². The molecule has 0 aliphatic carbocycles. The zero-order valence-electron chi connectivity index (χ0n) is 13.0. The van der Waals surface area contributed by atoms with Gasteiger partial charge in [0.25, 0.3) is 0 Å². The van der Waals surface area contributed by atoms with Gasteiger partial charge in [-0.3, -0.25) is 0 Å². The van der Waals surface area contributed by atoms with Crippen LogP contribution in [0, 0.1) is 0 Å². The van der Waals surface area contributed by atoms with Crippen molar-refractivity contribution < 1.29 is 8.42 Å². The lowest BCUT2D eigenvalue weighted by molar-refractivity contribution is 0.597. The quantitative estimate of drug-likeness (QED) is 0.525. The number of rotatable bonds is 6. The highest BCUT2D eigenvalue weighted by Gasteiger charge is 2.19. The third-order valence-electron chi connectivity index (χ3n) is 3.32. The summed E-state index contributed by atoms with van der Waals surface area (Å²) in [4.78, 5) is 0.0181. The number of sulfone groups is 1. The van der Waals surface area contributed by atoms with E-state index in [4.69, 9.17) is 34.8 Å². The Morgan fingerprint density at radius 3 is 2.42 bits per heavy atom. The normalized spacial score (nSPS) is 11.7. The first-order valence-electron chi connectivity index (χ1n) is 7.22. The molecule has 0 radical (unpaired) electrons. The number of thioether (sulfide) groups is 1. The molecule has 0 aliphatic heterocycles. The molecule has 6 nitrogen and oxygen atoms in total. The molecule has 136 valence electrons. The zero-order valence-corrected chi connectivity index (χ0v) is 16.9. The molecule has 0 amide bonds. The summed E-state index contributed by atoms with van der Waals surface area (Å²) in [7, 11) is -3.58. The summed E-state index contributed by atoms with van der Waals surface area (Å²) in [6.45, 7) is 0. The van der Waals surface area contributed by atoms with E-state index in [2.05, 4.69) is 15.5 Å². The van der Waals surface area contributed by atoms with Gasteiger partial charge in [-0.2, -0.15) is 4.68 Å². The molecule has 3 aromatic rings. The predicted molar refractivity (Wildman–Crippen MR) is 103 cm³/mol. The lowest BCUT2D eigenvalue weighted by Gasteiger charge is -2.07. The number of tetrazole rings is 1. The SMILES string of the molecule is O=S(=O)(CCSc1nnnn1-c1ccc(Cl)cc1)c1cc(Cl)ccc1Cl. The van der Waals surface area contributed by atoms with Crippen LogP contribution in [0.2, 0.25) is 15.1 Å². The third-order valence-corrected chi connectivity index (χ3v) is 7.18. The third kappa shape index (κ3) is 4.50. The molecule has 26 heavy (non-hydrogen) atoms. The highest BCUT2D eigenvalue weighted by molar-refractivity contribution is 8.00. The Hall–Kier alpha value is -1.32. The van der Waals surface area contributed by atoms with Crippen LogP contribution in [0.15, 0.2) is 52.5 Å². The fourth-order valence-electron chi connectivity index (χ4n) is 2.08. The molecule has 0 spiro atoms. The van der Waals surface area contributed by atoms with E-state index in [0.29, 0.717) is 15.2 Å². The number of hydrogen-bond donors (Lipinski definition) is 0. The number of benzene rings is 2. The summed E-state index contributed by atoms with van der Waals surface area (Å²) in [6.07, 6.45) is 0. The van der Waals surface area contributed by atoms with E-state index in [9.17, 15) is 8.42 Å². The lowest BCUT2D eigenvalue weighted by atomic mass is 10.3. The van der Waals surface area contributed by atoms with E-state index in [1.54, 1.807) is 24.3 Å². The van der Waals surface area contributed by atoms with Crippen molar-refractivity contribution in [1.82, 2.24) is 20.2 Å². The summed E-state index contributed by atoms with van der Waals surface area (Å²) in [6, 6.07) is 11.3. The fourth-order valence-corrected chi connectivity index (χ4v) is 5.56. The number of hydrogen-bond acceptors (Lipinski definition) is 6. The van der Waals surface area contributed by atoms with Crippen molar-refractivity contribution in [3.63, 3.8) is 0 Å². The first-order chi connectivity index (χ1) is 12.4. The highest BCUT2D eigenvalue weighted by atomic mass is 35.5. The van der Waals surface area contributed by atoms with E-state index in [-0.39, 0.29) is 21.4 Å². The molecular formula is C15H11Cl3N4O2S2. The molecule has 0 atom stereocenters. The van der Waals surface area contributed by atoms with Crippen LogP contribution in [0.5, 0.6) is 0 Å². The van der Waals surface area contributed by atoms with Crippen LogP contribution in [0.3, 0.4) is 0 Å². The van der Waals surface area contributed by atoms with Crippen LogP contribution in [0.25, 0.3) is 5.69 Å². The van der Waals surface area contributed by atoms with E-state index in [0.717, 1.165) is 5.69 Å². The number of halogens is 3. The molecule has 1 heterocycles. The average molecular weight is 450 g/mol. The minimum atomic E-state index is -3.58. The van der Waals surface area contributed by atoms with Crippen LogP contribution >= 0.6 is 46.6 Å². The Bertz CT molecular complexity index is 1020. The van der Waals surface area contributed by atoms with E-state index in [1.807, 2.05) is 0 Å². The molecule has 0 bridgehead atoms. The van der Waals surface area contributed by atoms with Crippen molar-refractivity contribution in [3.8, 4) is 5.69 Å². The van der Waals surface area contributed by atoms with Gasteiger partial charge < -0.3 is 0 Å². The summed E-state index contributed by atoms with van der Waals surface area (Å²) >= 11 is 19.0. The van der Waals surface area contributed by atoms with Gasteiger partial charge in [0.05, 0.1) is 21.4 Å². The minimum absolute atomic E-state index is 0.0181. The van der Waals surface area contributed by atoms with E-state index >= 15 is 0 Å². The summed E-state index contributed by atoms with van der Waals surface area (Å²) < 4.78 is 26.5. The average Bonchev–Trinajstić information content (AvgIpc) is 3.06. The van der Waals surface area contributed by atoms with Gasteiger partial charge in [-0.05, 0) is 52.9 Å². The van der Waals surface area contributed by atoms with Crippen molar-refractivity contribution in [2.45, 2.75) is 10.1 Å². The van der Waals surface area contributed by atoms with Crippen molar-refractivity contribution >= 4 is 56.4 Å². The van der Waals surface area contributed by atoms with Gasteiger partial charge in [0, 0.05) is 15.8 Å². The maximum absolute atomic E-state index is 12.5. The van der Waals surface area contributed by atoms with Crippen LogP contribution in [0.1, 0.15) is 0 Å². The van der Waals surface area contributed by atoms with Crippen LogP contribution in [-0.2, 0) is 9.84 Å². The molecule has 11 heteroatoms. The monoisotopic (exact) mass is 448 g/mol. The van der Waals surface area contributed by atoms with Gasteiger partial charge in [0.2, 0.25) is 5.16 Å². The zero-order chi connectivity index (χ0) is 18.7. The van der Waals surface area contributed by atoms with Gasteiger partial charge in [-0.1, -0.05) is 46.6 Å². The molecule has 0 fully saturated rings. The summed E-state index contributed by atoms with van der Waals surface area (Å²) in [5.41, 5.74) is 0.725. The molecule has 0 unspecified atom stereocenters. The fraction of sp³-hybridized carbons (Fsp3) is 0.133. The standard InChI is InChI=1S/C15H11Cl3N4O2S2/c16-10-1-4-12(5-2-10)22-15(19-20-21-22)25-7-8-26(23,24)14-9-11(17)3-6-13(14)18/h1-6,9H,7-8H2. The first-order valence-corrected chi connectivity index (χ1v) is 11.0. The topological polar surface area (TPSA) is 77.7 Å². The number of aromatic nitrogens is 4. The van der Waals surface area contributed by atoms with Crippen LogP contribution in [-0.4, -0.2) is 40.1 Å². The van der Waals surface area contributed by atoms with Crippen molar-refractivity contribution in [3.05, 3.63) is 57.5 Å². The molecule has 2 aromatic carbocycles. The lowest BCUT2D eigenvalue weighted by Crippen LogP contribution is -2.10. The van der Waals surface area contributed by atoms with Crippen LogP contribution < -0.4 is 0 Å². The minimum Gasteiger partial charge on any atom is -0.224 e. The Balaban J connectivity index is 1.72. The molecule has 1 aromatic heterocycles. The molecule has 0 N–H and O–H groups in total. The van der Waals surface area contributed by atoms with Gasteiger partial charge in [-0.15, -0.1) is 5.10 Å². The van der Waals surface area contributed by atoms with Crippen molar-refractivity contribution in [2.24, 2.45) is 0 Å². The first kappa shape index (κ1) is 19.4. The predicted octanol–water partition coefficient (Wildman–Crippen LogP) is 4.19. The van der Waals surface area contributed by atoms with E-state index in [1.165, 1.54) is 34.6 Å². The second-order valence-corrected chi connectivity index (χ2v) is 9.51. The summed E-state index contributed by atoms with van der Waals surface area (Å²) in [5.74, 6) is 0.115.